The van der Waals surface area contributed by atoms with E-state index in [9.17, 15) is 9.18 Å². The molecule has 2 aromatic heterocycles. The summed E-state index contributed by atoms with van der Waals surface area (Å²) >= 11 is 1.36. The first-order valence-corrected chi connectivity index (χ1v) is 10.5. The summed E-state index contributed by atoms with van der Waals surface area (Å²) in [6.45, 7) is 2.88. The van der Waals surface area contributed by atoms with Crippen LogP contribution in [0.1, 0.15) is 25.0 Å². The minimum atomic E-state index is -0.649. The highest BCUT2D eigenvalue weighted by molar-refractivity contribution is 7.13. The molecule has 8 heteroatoms. The van der Waals surface area contributed by atoms with Crippen molar-refractivity contribution in [1.82, 2.24) is 14.9 Å². The zero-order valence-corrected chi connectivity index (χ0v) is 16.7. The number of halogens is 1. The lowest BCUT2D eigenvalue weighted by atomic mass is 10.1. The molecule has 3 aromatic rings. The van der Waals surface area contributed by atoms with E-state index in [0.29, 0.717) is 16.6 Å². The van der Waals surface area contributed by atoms with E-state index in [1.807, 2.05) is 12.1 Å². The highest BCUT2D eigenvalue weighted by Crippen LogP contribution is 2.31. The van der Waals surface area contributed by atoms with E-state index in [0.717, 1.165) is 30.9 Å². The Morgan fingerprint density at radius 2 is 1.83 bits per heavy atom. The van der Waals surface area contributed by atoms with Crippen molar-refractivity contribution in [2.45, 2.75) is 25.8 Å². The number of nitrogens with two attached hydrogens (primary N) is 1. The number of pyridine rings is 1. The van der Waals surface area contributed by atoms with Gasteiger partial charge in [0, 0.05) is 17.5 Å². The van der Waals surface area contributed by atoms with Crippen molar-refractivity contribution >= 4 is 29.0 Å². The van der Waals surface area contributed by atoms with E-state index >= 15 is 0 Å². The third-order valence-corrected chi connectivity index (χ3v) is 5.77. The summed E-state index contributed by atoms with van der Waals surface area (Å²) in [5.41, 5.74) is 7.32. The van der Waals surface area contributed by atoms with Gasteiger partial charge < -0.3 is 5.73 Å². The number of piperidine rings is 1. The summed E-state index contributed by atoms with van der Waals surface area (Å²) in [5, 5.41) is 2.43. The molecule has 0 bridgehead atoms. The molecule has 6 nitrogen and oxygen atoms in total. The number of rotatable bonds is 5. The average molecular weight is 412 g/mol. The first-order valence-electron chi connectivity index (χ1n) is 9.59. The van der Waals surface area contributed by atoms with E-state index in [1.165, 1.54) is 47.6 Å². The Hall–Kier alpha value is -2.84. The molecule has 4 rings (SSSR count). The minimum Gasteiger partial charge on any atom is -0.351 e. The second-order valence-electron chi connectivity index (χ2n) is 7.02. The summed E-state index contributed by atoms with van der Waals surface area (Å²) < 4.78 is 13.2. The fourth-order valence-corrected chi connectivity index (χ4v) is 4.26. The lowest BCUT2D eigenvalue weighted by molar-refractivity contribution is 0.218. The maximum atomic E-state index is 13.2. The number of thiazole rings is 1. The zero-order chi connectivity index (χ0) is 20.2. The molecule has 0 saturated carbocycles. The van der Waals surface area contributed by atoms with Gasteiger partial charge in [0.05, 0.1) is 5.69 Å². The summed E-state index contributed by atoms with van der Waals surface area (Å²) in [6.07, 6.45) is 3.69. The van der Waals surface area contributed by atoms with Crippen LogP contribution in [-0.2, 0) is 6.54 Å². The normalized spacial score (nSPS) is 14.7. The van der Waals surface area contributed by atoms with Crippen molar-refractivity contribution in [2.75, 3.05) is 18.0 Å². The summed E-state index contributed by atoms with van der Waals surface area (Å²) in [4.78, 5) is 25.1. The predicted molar refractivity (Wildman–Crippen MR) is 113 cm³/mol. The van der Waals surface area contributed by atoms with Crippen LogP contribution in [-0.4, -0.2) is 34.0 Å². The third-order valence-electron chi connectivity index (χ3n) is 4.89. The number of carbonyl (C=O) groups is 1. The van der Waals surface area contributed by atoms with Gasteiger partial charge in [-0.15, -0.1) is 11.3 Å². The Kier molecular flexibility index (Phi) is 5.82. The van der Waals surface area contributed by atoms with Crippen LogP contribution in [0.15, 0.2) is 47.8 Å². The van der Waals surface area contributed by atoms with Crippen molar-refractivity contribution < 1.29 is 9.18 Å². The number of primary amides is 1. The summed E-state index contributed by atoms with van der Waals surface area (Å²) in [7, 11) is 0. The van der Waals surface area contributed by atoms with Gasteiger partial charge in [0.1, 0.15) is 16.6 Å². The van der Waals surface area contributed by atoms with E-state index in [1.54, 1.807) is 23.6 Å². The average Bonchev–Trinajstić information content (AvgIpc) is 3.19. The molecule has 1 aromatic carbocycles. The lowest BCUT2D eigenvalue weighted by Gasteiger charge is -2.26. The van der Waals surface area contributed by atoms with Crippen LogP contribution in [0.5, 0.6) is 0 Å². The lowest BCUT2D eigenvalue weighted by Crippen LogP contribution is -2.33. The van der Waals surface area contributed by atoms with Crippen molar-refractivity contribution in [3.63, 3.8) is 0 Å². The van der Waals surface area contributed by atoms with Gasteiger partial charge in [-0.25, -0.2) is 24.1 Å². The number of amides is 2. The number of hydrogen-bond acceptors (Lipinski definition) is 5. The molecule has 0 atom stereocenters. The number of benzene rings is 1. The fraction of sp³-hybridized carbons (Fsp3) is 0.286. The monoisotopic (exact) mass is 411 g/mol. The number of urea groups is 1. The third kappa shape index (κ3) is 4.60. The molecule has 1 aliphatic heterocycles. The van der Waals surface area contributed by atoms with Crippen molar-refractivity contribution in [1.29, 1.82) is 0 Å². The van der Waals surface area contributed by atoms with Crippen LogP contribution in [0.3, 0.4) is 0 Å². The van der Waals surface area contributed by atoms with E-state index in [4.69, 9.17) is 5.73 Å². The van der Waals surface area contributed by atoms with Gasteiger partial charge in [-0.1, -0.05) is 12.5 Å². The van der Waals surface area contributed by atoms with Crippen LogP contribution < -0.4 is 10.6 Å². The maximum Gasteiger partial charge on any atom is 0.326 e. The van der Waals surface area contributed by atoms with E-state index in [-0.39, 0.29) is 5.82 Å². The van der Waals surface area contributed by atoms with Gasteiger partial charge in [0.15, 0.2) is 5.82 Å². The van der Waals surface area contributed by atoms with Crippen molar-refractivity contribution in [3.05, 3.63) is 59.4 Å². The van der Waals surface area contributed by atoms with E-state index < -0.39 is 6.03 Å². The molecule has 0 spiro atoms. The molecule has 0 unspecified atom stereocenters. The number of likely N-dealkylation sites (tertiary alicyclic amines) is 1. The first-order chi connectivity index (χ1) is 14.1. The highest BCUT2D eigenvalue weighted by atomic mass is 32.1. The van der Waals surface area contributed by atoms with Crippen molar-refractivity contribution in [3.8, 4) is 10.6 Å². The Bertz CT molecular complexity index is 985. The molecular weight excluding hydrogens is 389 g/mol. The fourth-order valence-electron chi connectivity index (χ4n) is 3.46. The Morgan fingerprint density at radius 1 is 1.07 bits per heavy atom. The van der Waals surface area contributed by atoms with Gasteiger partial charge >= 0.3 is 6.03 Å². The topological polar surface area (TPSA) is 75.4 Å². The number of hydrogen-bond donors (Lipinski definition) is 1. The molecule has 0 radical (unpaired) electrons. The maximum absolute atomic E-state index is 13.2. The molecule has 2 N–H and O–H groups in total. The molecule has 1 aliphatic rings. The molecular formula is C21H22FN5OS. The Morgan fingerprint density at radius 3 is 2.55 bits per heavy atom. The van der Waals surface area contributed by atoms with Gasteiger partial charge in [0.2, 0.25) is 0 Å². The van der Waals surface area contributed by atoms with Crippen LogP contribution in [0.2, 0.25) is 0 Å². The molecule has 3 heterocycles. The minimum absolute atomic E-state index is 0.306. The molecule has 1 saturated heterocycles. The molecule has 150 valence electrons. The molecule has 29 heavy (non-hydrogen) atoms. The predicted octanol–water partition coefficient (Wildman–Crippen LogP) is 4.55. The molecule has 0 aliphatic carbocycles. The van der Waals surface area contributed by atoms with Gasteiger partial charge in [0.25, 0.3) is 0 Å². The van der Waals surface area contributed by atoms with Gasteiger partial charge in [-0.3, -0.25) is 4.90 Å². The van der Waals surface area contributed by atoms with Crippen LogP contribution >= 0.6 is 11.3 Å². The van der Waals surface area contributed by atoms with E-state index in [2.05, 4.69) is 14.9 Å². The van der Waals surface area contributed by atoms with Crippen LogP contribution in [0.25, 0.3) is 10.6 Å². The molecule has 2 amide bonds. The van der Waals surface area contributed by atoms with Crippen LogP contribution in [0, 0.1) is 5.82 Å². The number of nitrogens with zero attached hydrogens (tertiary/aromatic N) is 4. The number of anilines is 2. The largest absolute Gasteiger partial charge is 0.351 e. The Labute approximate surface area is 172 Å². The number of aromatic nitrogens is 2. The standard InChI is InChI=1S/C21H22FN5OS/c22-16-9-7-15(8-10-16)20-25-19(14-29-20)27(21(23)28)18-6-4-5-17(24-18)13-26-11-2-1-3-12-26/h4-10,14H,1-3,11-13H2,(H2,23,28). The van der Waals surface area contributed by atoms with Crippen molar-refractivity contribution in [2.24, 2.45) is 5.73 Å². The highest BCUT2D eigenvalue weighted by Gasteiger charge is 2.21. The second-order valence-corrected chi connectivity index (χ2v) is 7.87. The summed E-state index contributed by atoms with van der Waals surface area (Å²) in [5.74, 6) is 0.548. The zero-order valence-electron chi connectivity index (χ0n) is 15.9. The molecule has 1 fully saturated rings. The second kappa shape index (κ2) is 8.67. The smallest absolute Gasteiger partial charge is 0.326 e. The Balaban J connectivity index is 1.59. The first kappa shape index (κ1) is 19.5. The van der Waals surface area contributed by atoms with Gasteiger partial charge in [-0.2, -0.15) is 0 Å². The number of carbonyl (C=O) groups excluding carboxylic acids is 1. The summed E-state index contributed by atoms with van der Waals surface area (Å²) in [6, 6.07) is 11.0. The SMILES string of the molecule is NC(=O)N(c1cccc(CN2CCCCC2)n1)c1csc(-c2ccc(F)cc2)n1. The van der Waals surface area contributed by atoms with Gasteiger partial charge in [-0.05, 0) is 62.3 Å². The quantitative estimate of drug-likeness (QED) is 0.668. The van der Waals surface area contributed by atoms with Crippen LogP contribution in [0.4, 0.5) is 20.8 Å².